The zero-order valence-electron chi connectivity index (χ0n) is 10.8. The smallest absolute Gasteiger partial charge is 0.0494 e. The lowest BCUT2D eigenvalue weighted by Gasteiger charge is -2.04. The van der Waals surface area contributed by atoms with Crippen molar-refractivity contribution in [2.45, 2.75) is 6.54 Å². The minimum absolute atomic E-state index is 0.855. The average molecular weight is 344 g/mol. The quantitative estimate of drug-likeness (QED) is 0.632. The molecule has 0 aliphatic heterocycles. The van der Waals surface area contributed by atoms with Gasteiger partial charge in [0.25, 0.3) is 0 Å². The largest absolute Gasteiger partial charge is 0.380 e. The number of rotatable bonds is 4. The van der Waals surface area contributed by atoms with Crippen molar-refractivity contribution in [3.8, 4) is 11.1 Å². The van der Waals surface area contributed by atoms with Crippen molar-refractivity contribution in [3.05, 3.63) is 75.4 Å². The van der Waals surface area contributed by atoms with Crippen LogP contribution in [0.4, 0.5) is 5.69 Å². The lowest BCUT2D eigenvalue weighted by atomic mass is 10.1. The van der Waals surface area contributed by atoms with E-state index in [1.165, 1.54) is 16.0 Å². The van der Waals surface area contributed by atoms with Crippen LogP contribution in [0.1, 0.15) is 4.88 Å². The molecule has 0 fully saturated rings. The van der Waals surface area contributed by atoms with E-state index >= 15 is 0 Å². The van der Waals surface area contributed by atoms with Crippen LogP contribution in [-0.4, -0.2) is 0 Å². The second-order valence-corrected chi connectivity index (χ2v) is 6.44. The number of hydrogen-bond acceptors (Lipinski definition) is 2. The maximum Gasteiger partial charge on any atom is 0.0494 e. The van der Waals surface area contributed by atoms with Gasteiger partial charge in [0.15, 0.2) is 0 Å². The Hall–Kier alpha value is -1.58. The van der Waals surface area contributed by atoms with Crippen molar-refractivity contribution in [2.75, 3.05) is 5.32 Å². The minimum Gasteiger partial charge on any atom is -0.380 e. The molecule has 20 heavy (non-hydrogen) atoms. The van der Waals surface area contributed by atoms with Gasteiger partial charge in [0.05, 0.1) is 0 Å². The summed E-state index contributed by atoms with van der Waals surface area (Å²) in [7, 11) is 0. The summed E-state index contributed by atoms with van der Waals surface area (Å²) in [6.07, 6.45) is 0. The van der Waals surface area contributed by atoms with Crippen molar-refractivity contribution in [1.29, 1.82) is 0 Å². The Kier molecular flexibility index (Phi) is 4.19. The minimum atomic E-state index is 0.855. The first-order valence-corrected chi connectivity index (χ1v) is 8.11. The highest BCUT2D eigenvalue weighted by Crippen LogP contribution is 2.26. The molecule has 0 saturated heterocycles. The number of nitrogens with one attached hydrogen (secondary N) is 1. The Morgan fingerprint density at radius 3 is 2.55 bits per heavy atom. The Morgan fingerprint density at radius 2 is 1.75 bits per heavy atom. The molecule has 1 nitrogen and oxygen atoms in total. The highest BCUT2D eigenvalue weighted by atomic mass is 79.9. The summed E-state index contributed by atoms with van der Waals surface area (Å²) >= 11 is 5.28. The van der Waals surface area contributed by atoms with Gasteiger partial charge in [-0.2, -0.15) is 0 Å². The van der Waals surface area contributed by atoms with Crippen molar-refractivity contribution in [2.24, 2.45) is 0 Å². The van der Waals surface area contributed by atoms with Gasteiger partial charge in [-0.1, -0.05) is 52.3 Å². The van der Waals surface area contributed by atoms with Crippen LogP contribution >= 0.6 is 27.3 Å². The van der Waals surface area contributed by atoms with Gasteiger partial charge in [0, 0.05) is 21.6 Å². The van der Waals surface area contributed by atoms with Gasteiger partial charge in [-0.05, 0) is 40.8 Å². The Labute approximate surface area is 131 Å². The lowest BCUT2D eigenvalue weighted by molar-refractivity contribution is 1.19. The highest BCUT2D eigenvalue weighted by Gasteiger charge is 2.02. The molecule has 1 aromatic heterocycles. The third-order valence-electron chi connectivity index (χ3n) is 3.05. The van der Waals surface area contributed by atoms with Gasteiger partial charge in [0.2, 0.25) is 0 Å². The molecule has 0 aliphatic rings. The van der Waals surface area contributed by atoms with Gasteiger partial charge < -0.3 is 5.32 Å². The zero-order chi connectivity index (χ0) is 13.8. The van der Waals surface area contributed by atoms with Crippen LogP contribution in [0.15, 0.2) is 70.5 Å². The first-order valence-electron chi connectivity index (χ1n) is 6.43. The van der Waals surface area contributed by atoms with Gasteiger partial charge >= 0.3 is 0 Å². The molecular formula is C17H14BrNS. The predicted molar refractivity (Wildman–Crippen MR) is 91.2 cm³/mol. The Bertz CT molecular complexity index is 691. The first-order chi connectivity index (χ1) is 9.81. The fraction of sp³-hybridized carbons (Fsp3) is 0.0588. The highest BCUT2D eigenvalue weighted by molar-refractivity contribution is 9.10. The van der Waals surface area contributed by atoms with E-state index in [-0.39, 0.29) is 0 Å². The van der Waals surface area contributed by atoms with Gasteiger partial charge in [-0.3, -0.25) is 0 Å². The number of thiophene rings is 1. The van der Waals surface area contributed by atoms with Crippen LogP contribution < -0.4 is 5.32 Å². The van der Waals surface area contributed by atoms with Crippen LogP contribution in [0.2, 0.25) is 0 Å². The standard InChI is InChI=1S/C17H14BrNS/c18-15-7-4-8-16(10-15)19-11-17-9-14(12-20-17)13-5-2-1-3-6-13/h1-10,12,19H,11H2. The zero-order valence-corrected chi connectivity index (χ0v) is 13.2. The summed E-state index contributed by atoms with van der Waals surface area (Å²) in [6.45, 7) is 0.855. The van der Waals surface area contributed by atoms with Crippen molar-refractivity contribution >= 4 is 33.0 Å². The van der Waals surface area contributed by atoms with Gasteiger partial charge in [-0.15, -0.1) is 11.3 Å². The molecule has 3 heteroatoms. The van der Waals surface area contributed by atoms with E-state index in [9.17, 15) is 0 Å². The molecule has 0 amide bonds. The summed E-state index contributed by atoms with van der Waals surface area (Å²) < 4.78 is 1.10. The molecule has 2 aromatic carbocycles. The second kappa shape index (κ2) is 6.25. The number of anilines is 1. The maximum absolute atomic E-state index is 3.49. The van der Waals surface area contributed by atoms with E-state index in [1.807, 2.05) is 18.2 Å². The summed E-state index contributed by atoms with van der Waals surface area (Å²) in [5, 5.41) is 5.66. The molecule has 100 valence electrons. The van der Waals surface area contributed by atoms with E-state index in [2.05, 4.69) is 69.1 Å². The predicted octanol–water partition coefficient (Wildman–Crippen LogP) is 5.79. The molecule has 1 N–H and O–H groups in total. The molecule has 0 aliphatic carbocycles. The first kappa shape index (κ1) is 13.4. The summed E-state index contributed by atoms with van der Waals surface area (Å²) in [5.74, 6) is 0. The van der Waals surface area contributed by atoms with E-state index in [1.54, 1.807) is 11.3 Å². The molecular weight excluding hydrogens is 330 g/mol. The average Bonchev–Trinajstić information content (AvgIpc) is 2.95. The van der Waals surface area contributed by atoms with Crippen LogP contribution in [0.5, 0.6) is 0 Å². The van der Waals surface area contributed by atoms with Crippen LogP contribution in [0, 0.1) is 0 Å². The van der Waals surface area contributed by atoms with E-state index in [0.29, 0.717) is 0 Å². The molecule has 0 unspecified atom stereocenters. The molecule has 0 atom stereocenters. The SMILES string of the molecule is Brc1cccc(NCc2cc(-c3ccccc3)cs2)c1. The molecule has 0 radical (unpaired) electrons. The van der Waals surface area contributed by atoms with E-state index in [0.717, 1.165) is 16.7 Å². The Balaban J connectivity index is 1.69. The van der Waals surface area contributed by atoms with Gasteiger partial charge in [0.1, 0.15) is 0 Å². The third kappa shape index (κ3) is 3.30. The number of hydrogen-bond donors (Lipinski definition) is 1. The number of halogens is 1. The van der Waals surface area contributed by atoms with E-state index in [4.69, 9.17) is 0 Å². The topological polar surface area (TPSA) is 12.0 Å². The normalized spacial score (nSPS) is 10.4. The third-order valence-corrected chi connectivity index (χ3v) is 4.48. The second-order valence-electron chi connectivity index (χ2n) is 4.53. The lowest BCUT2D eigenvalue weighted by Crippen LogP contribution is -1.96. The van der Waals surface area contributed by atoms with Crippen LogP contribution in [0.25, 0.3) is 11.1 Å². The molecule has 0 spiro atoms. The molecule has 0 saturated carbocycles. The molecule has 0 bridgehead atoms. The summed E-state index contributed by atoms with van der Waals surface area (Å²) in [4.78, 5) is 1.34. The number of benzene rings is 2. The van der Waals surface area contributed by atoms with Crippen LogP contribution in [-0.2, 0) is 6.54 Å². The summed E-state index contributed by atoms with van der Waals surface area (Å²) in [5.41, 5.74) is 3.70. The van der Waals surface area contributed by atoms with Crippen molar-refractivity contribution < 1.29 is 0 Å². The monoisotopic (exact) mass is 343 g/mol. The fourth-order valence-corrected chi connectivity index (χ4v) is 3.28. The molecule has 3 aromatic rings. The molecule has 1 heterocycles. The van der Waals surface area contributed by atoms with E-state index < -0.39 is 0 Å². The van der Waals surface area contributed by atoms with Crippen molar-refractivity contribution in [3.63, 3.8) is 0 Å². The van der Waals surface area contributed by atoms with Gasteiger partial charge in [-0.25, -0.2) is 0 Å². The molecule has 3 rings (SSSR count). The van der Waals surface area contributed by atoms with Crippen molar-refractivity contribution in [1.82, 2.24) is 0 Å². The van der Waals surface area contributed by atoms with Crippen LogP contribution in [0.3, 0.4) is 0 Å². The summed E-state index contributed by atoms with van der Waals surface area (Å²) in [6, 6.07) is 21.0. The fourth-order valence-electron chi connectivity index (χ4n) is 2.04. The Morgan fingerprint density at radius 1 is 0.900 bits per heavy atom. The maximum atomic E-state index is 3.49.